The van der Waals surface area contributed by atoms with Crippen LogP contribution >= 0.6 is 0 Å². The molecule has 0 unspecified atom stereocenters. The minimum atomic E-state index is -1.56. The van der Waals surface area contributed by atoms with Crippen LogP contribution in [0.1, 0.15) is 6.92 Å². The second kappa shape index (κ2) is 7.90. The van der Waals surface area contributed by atoms with E-state index in [1.165, 1.54) is 0 Å². The first-order valence-electron chi connectivity index (χ1n) is 1.54. The van der Waals surface area contributed by atoms with Gasteiger partial charge in [0, 0.05) is 6.92 Å². The fraction of sp³-hybridized carbons (Fsp3) is 0.333. The van der Waals surface area contributed by atoms with E-state index in [-0.39, 0.29) is 35.7 Å². The van der Waals surface area contributed by atoms with E-state index >= 15 is 0 Å². The van der Waals surface area contributed by atoms with Crippen molar-refractivity contribution in [2.24, 2.45) is 0 Å². The molecular weight excluding hydrogens is 137 g/mol. The zero-order valence-electron chi connectivity index (χ0n) is 4.38. The summed E-state index contributed by atoms with van der Waals surface area (Å²) in [5.74, 6) is -0.812. The molecule has 0 bridgehead atoms. The topological polar surface area (TPSA) is 98.6 Å². The fourth-order valence-electron chi connectivity index (χ4n) is 0.123. The minimum absolute atomic E-state index is 0. The predicted octanol–water partition coefficient (Wildman–Crippen LogP) is -0.259. The van der Waals surface area contributed by atoms with Crippen LogP contribution in [-0.2, 0) is 9.53 Å². The molecule has 0 atom stereocenters. The van der Waals surface area contributed by atoms with Gasteiger partial charge in [0.1, 0.15) is 0 Å². The van der Waals surface area contributed by atoms with E-state index < -0.39 is 12.1 Å². The summed E-state index contributed by atoms with van der Waals surface area (Å²) < 4.78 is 3.53. The van der Waals surface area contributed by atoms with E-state index in [0.29, 0.717) is 0 Å². The summed E-state index contributed by atoms with van der Waals surface area (Å²) in [5, 5.41) is 7.64. The van der Waals surface area contributed by atoms with E-state index in [1.54, 1.807) is 0 Å². The second-order valence-corrected chi connectivity index (χ2v) is 0.860. The molecule has 0 saturated heterocycles. The third-order valence-corrected chi connectivity index (χ3v) is 0.231. The Bertz CT molecular complexity index is 92.0. The van der Waals surface area contributed by atoms with Crippen LogP contribution in [0.4, 0.5) is 4.79 Å². The van der Waals surface area contributed by atoms with Crippen molar-refractivity contribution in [2.75, 3.05) is 0 Å². The third-order valence-electron chi connectivity index (χ3n) is 0.231. The van der Waals surface area contributed by atoms with Gasteiger partial charge in [-0.2, -0.15) is 0 Å². The van der Waals surface area contributed by atoms with E-state index in [0.717, 1.165) is 6.92 Å². The van der Waals surface area contributed by atoms with Crippen LogP contribution in [0.5, 0.6) is 0 Å². The Morgan fingerprint density at radius 1 is 1.44 bits per heavy atom. The van der Waals surface area contributed by atoms with Crippen molar-refractivity contribution in [3.63, 3.8) is 0 Å². The molecule has 9 heavy (non-hydrogen) atoms. The summed E-state index contributed by atoms with van der Waals surface area (Å²) in [4.78, 5) is 19.0. The van der Waals surface area contributed by atoms with E-state index in [4.69, 9.17) is 5.11 Å². The standard InChI is InChI=1S/C3H4O4.H3N.Na.H/c1-2(4)7-3(5)6;;;/h1H3,(H,5,6);1H3;;. The first-order valence-corrected chi connectivity index (χ1v) is 1.54. The van der Waals surface area contributed by atoms with Crippen LogP contribution < -0.4 is 6.15 Å². The van der Waals surface area contributed by atoms with Gasteiger partial charge in [-0.25, -0.2) is 4.79 Å². The Balaban J connectivity index is -0.000000180. The Kier molecular flexibility index (Phi) is 14.0. The van der Waals surface area contributed by atoms with Crippen LogP contribution in [0.25, 0.3) is 0 Å². The van der Waals surface area contributed by atoms with Gasteiger partial charge in [-0.15, -0.1) is 0 Å². The fourth-order valence-corrected chi connectivity index (χ4v) is 0.123. The van der Waals surface area contributed by atoms with Crippen LogP contribution in [0.2, 0.25) is 0 Å². The average Bonchev–Trinajstić information content (AvgIpc) is 1.27. The summed E-state index contributed by atoms with van der Waals surface area (Å²) in [7, 11) is 0. The van der Waals surface area contributed by atoms with Gasteiger partial charge in [-0.05, 0) is 0 Å². The van der Waals surface area contributed by atoms with Crippen molar-refractivity contribution in [1.29, 1.82) is 0 Å². The SMILES string of the molecule is CC(=O)OC(=O)O.N.[NaH]. The van der Waals surface area contributed by atoms with Crippen molar-refractivity contribution < 1.29 is 19.4 Å². The first kappa shape index (κ1) is 16.0. The predicted molar refractivity (Wildman–Crippen MR) is 32.0 cm³/mol. The Hall–Kier alpha value is -0.100. The van der Waals surface area contributed by atoms with Gasteiger partial charge < -0.3 is 16.0 Å². The number of carbonyl (C=O) groups is 2. The molecule has 0 fully saturated rings. The molecule has 0 radical (unpaired) electrons. The third kappa shape index (κ3) is 18.1. The van der Waals surface area contributed by atoms with Gasteiger partial charge in [-0.1, -0.05) is 0 Å². The maximum atomic E-state index is 9.65. The zero-order chi connectivity index (χ0) is 5.86. The van der Waals surface area contributed by atoms with Gasteiger partial charge in [-0.3, -0.25) is 4.79 Å². The van der Waals surface area contributed by atoms with Crippen molar-refractivity contribution >= 4 is 41.7 Å². The molecular formula is C3H8NNaO4. The second-order valence-electron chi connectivity index (χ2n) is 0.860. The Morgan fingerprint density at radius 3 is 1.78 bits per heavy atom. The number of carboxylic acid groups (broad SMARTS) is 1. The Morgan fingerprint density at radius 2 is 1.78 bits per heavy atom. The van der Waals surface area contributed by atoms with Gasteiger partial charge >= 0.3 is 41.7 Å². The monoisotopic (exact) mass is 145 g/mol. The number of ether oxygens (including phenoxy) is 1. The van der Waals surface area contributed by atoms with E-state index in [1.807, 2.05) is 0 Å². The summed E-state index contributed by atoms with van der Waals surface area (Å²) in [6.07, 6.45) is -1.56. The maximum absolute atomic E-state index is 9.65. The summed E-state index contributed by atoms with van der Waals surface area (Å²) in [5.41, 5.74) is 0. The molecule has 0 aromatic heterocycles. The van der Waals surface area contributed by atoms with Crippen molar-refractivity contribution in [1.82, 2.24) is 6.15 Å². The number of hydrogen-bond donors (Lipinski definition) is 2. The van der Waals surface area contributed by atoms with Gasteiger partial charge in [0.05, 0.1) is 0 Å². The van der Waals surface area contributed by atoms with Crippen LogP contribution in [0.15, 0.2) is 0 Å². The molecule has 0 amide bonds. The molecule has 5 nitrogen and oxygen atoms in total. The normalized spacial score (nSPS) is 5.89. The summed E-state index contributed by atoms with van der Waals surface area (Å²) in [6, 6.07) is 0. The quantitative estimate of drug-likeness (QED) is 0.278. The molecule has 0 aliphatic carbocycles. The molecule has 50 valence electrons. The van der Waals surface area contributed by atoms with Gasteiger partial charge in [0.15, 0.2) is 0 Å². The van der Waals surface area contributed by atoms with Crippen LogP contribution in [0.3, 0.4) is 0 Å². The van der Waals surface area contributed by atoms with Gasteiger partial charge in [0.2, 0.25) is 0 Å². The summed E-state index contributed by atoms with van der Waals surface area (Å²) >= 11 is 0. The molecule has 6 heteroatoms. The van der Waals surface area contributed by atoms with E-state index in [2.05, 4.69) is 4.74 Å². The molecule has 0 spiro atoms. The van der Waals surface area contributed by atoms with E-state index in [9.17, 15) is 9.59 Å². The summed E-state index contributed by atoms with van der Waals surface area (Å²) in [6.45, 7) is 1.02. The first-order chi connectivity index (χ1) is 3.13. The molecule has 0 aliphatic rings. The Labute approximate surface area is 74.2 Å². The van der Waals surface area contributed by atoms with Crippen molar-refractivity contribution in [2.45, 2.75) is 6.92 Å². The number of esters is 1. The molecule has 0 aliphatic heterocycles. The molecule has 4 N–H and O–H groups in total. The molecule has 0 heterocycles. The number of hydrogen-bond acceptors (Lipinski definition) is 4. The number of rotatable bonds is 0. The molecule has 0 saturated carbocycles. The molecule has 0 aromatic rings. The molecule has 0 rings (SSSR count). The van der Waals surface area contributed by atoms with Crippen LogP contribution in [0, 0.1) is 0 Å². The molecule has 0 aromatic carbocycles. The van der Waals surface area contributed by atoms with Crippen molar-refractivity contribution in [3.8, 4) is 0 Å². The zero-order valence-corrected chi connectivity index (χ0v) is 4.38. The average molecular weight is 145 g/mol. The number of carbonyl (C=O) groups excluding carboxylic acids is 1. The van der Waals surface area contributed by atoms with Crippen molar-refractivity contribution in [3.05, 3.63) is 0 Å². The van der Waals surface area contributed by atoms with Crippen LogP contribution in [-0.4, -0.2) is 46.8 Å². The van der Waals surface area contributed by atoms with Gasteiger partial charge in [0.25, 0.3) is 0 Å².